The van der Waals surface area contributed by atoms with E-state index in [0.29, 0.717) is 29.9 Å². The van der Waals surface area contributed by atoms with Crippen molar-refractivity contribution in [2.75, 3.05) is 37.9 Å². The predicted molar refractivity (Wildman–Crippen MR) is 134 cm³/mol. The molecule has 0 aliphatic rings. The number of carbonyl (C=O) groups excluding carboxylic acids is 2. The first kappa shape index (κ1) is 24.7. The van der Waals surface area contributed by atoms with Crippen LogP contribution in [-0.2, 0) is 11.3 Å². The summed E-state index contributed by atoms with van der Waals surface area (Å²) < 4.78 is 26.1. The van der Waals surface area contributed by atoms with Crippen molar-refractivity contribution in [3.63, 3.8) is 0 Å². The maximum Gasteiger partial charge on any atom is 0.419 e. The molecule has 0 fully saturated rings. The number of aromatic nitrogens is 1. The first-order chi connectivity index (χ1) is 17.3. The summed E-state index contributed by atoms with van der Waals surface area (Å²) in [6.07, 6.45) is 0. The molecular weight excluding hydrogens is 467 g/mol. The van der Waals surface area contributed by atoms with Crippen LogP contribution in [0.15, 0.2) is 75.9 Å². The molecule has 0 radical (unpaired) electrons. The quantitative estimate of drug-likeness (QED) is 0.370. The zero-order valence-electron chi connectivity index (χ0n) is 19.8. The fourth-order valence-electron chi connectivity index (χ4n) is 3.52. The van der Waals surface area contributed by atoms with Gasteiger partial charge in [0.15, 0.2) is 12.2 Å². The third kappa shape index (κ3) is 5.78. The molecule has 0 aliphatic carbocycles. The van der Waals surface area contributed by atoms with Crippen molar-refractivity contribution >= 4 is 34.3 Å². The van der Waals surface area contributed by atoms with Gasteiger partial charge in [0.1, 0.15) is 11.6 Å². The van der Waals surface area contributed by atoms with Crippen LogP contribution in [0.1, 0.15) is 10.4 Å². The first-order valence-electron chi connectivity index (χ1n) is 11.2. The van der Waals surface area contributed by atoms with E-state index < -0.39 is 30.0 Å². The molecule has 0 saturated carbocycles. The maximum atomic E-state index is 13.8. The number of oxazole rings is 1. The number of carbonyl (C=O) groups is 2. The van der Waals surface area contributed by atoms with Crippen molar-refractivity contribution in [2.45, 2.75) is 6.54 Å². The molecule has 0 aliphatic heterocycles. The highest BCUT2D eigenvalue weighted by Gasteiger charge is 2.16. The van der Waals surface area contributed by atoms with E-state index in [9.17, 15) is 18.8 Å². The molecule has 1 heterocycles. The summed E-state index contributed by atoms with van der Waals surface area (Å²) in [5.74, 6) is -1.89. The van der Waals surface area contributed by atoms with Gasteiger partial charge in [-0.1, -0.05) is 24.3 Å². The second kappa shape index (κ2) is 10.9. The number of hydrogen-bond donors (Lipinski definition) is 2. The number of likely N-dealkylation sites (N-methyl/N-ethyl adjacent to an activating group) is 1. The van der Waals surface area contributed by atoms with Gasteiger partial charge in [0.25, 0.3) is 11.8 Å². The summed E-state index contributed by atoms with van der Waals surface area (Å²) in [5.41, 5.74) is 1.68. The smallest absolute Gasteiger partial charge is 0.419 e. The molecule has 3 aromatic carbocycles. The Balaban J connectivity index is 1.47. The van der Waals surface area contributed by atoms with E-state index >= 15 is 0 Å². The number of ether oxygens (including phenoxy) is 1. The van der Waals surface area contributed by atoms with Crippen LogP contribution >= 0.6 is 0 Å². The minimum Gasteiger partial charge on any atom is -0.483 e. The zero-order valence-corrected chi connectivity index (χ0v) is 19.8. The summed E-state index contributed by atoms with van der Waals surface area (Å²) in [5, 5.41) is 5.22. The van der Waals surface area contributed by atoms with Gasteiger partial charge in [-0.05, 0) is 56.6 Å². The third-order valence-corrected chi connectivity index (χ3v) is 5.33. The van der Waals surface area contributed by atoms with Crippen LogP contribution in [0.5, 0.6) is 5.75 Å². The SMILES string of the molecule is CN(C)CCn1c(=O)oc2ccc(NC(=O)c3ccccc3OCC(=O)Nc3ccccc3F)cc21. The van der Waals surface area contributed by atoms with E-state index in [0.717, 1.165) is 0 Å². The van der Waals surface area contributed by atoms with Gasteiger partial charge in [0.05, 0.1) is 16.8 Å². The van der Waals surface area contributed by atoms with E-state index in [1.165, 1.54) is 22.8 Å². The lowest BCUT2D eigenvalue weighted by Crippen LogP contribution is -2.23. The topological polar surface area (TPSA) is 106 Å². The molecule has 9 nitrogen and oxygen atoms in total. The zero-order chi connectivity index (χ0) is 25.7. The Morgan fingerprint density at radius 3 is 2.56 bits per heavy atom. The highest BCUT2D eigenvalue weighted by atomic mass is 19.1. The summed E-state index contributed by atoms with van der Waals surface area (Å²) >= 11 is 0. The second-order valence-corrected chi connectivity index (χ2v) is 8.27. The molecule has 2 amide bonds. The van der Waals surface area contributed by atoms with E-state index in [1.807, 2.05) is 19.0 Å². The molecule has 36 heavy (non-hydrogen) atoms. The van der Waals surface area contributed by atoms with Gasteiger partial charge >= 0.3 is 5.76 Å². The average Bonchev–Trinajstić information content (AvgIpc) is 3.17. The van der Waals surface area contributed by atoms with Gasteiger partial charge in [0.2, 0.25) is 0 Å². The first-order valence-corrected chi connectivity index (χ1v) is 11.2. The molecule has 2 N–H and O–H groups in total. The Labute approximate surface area is 206 Å². The lowest BCUT2D eigenvalue weighted by molar-refractivity contribution is -0.118. The molecule has 0 bridgehead atoms. The minimum atomic E-state index is -0.573. The van der Waals surface area contributed by atoms with Crippen LogP contribution in [0.2, 0.25) is 0 Å². The molecule has 0 unspecified atom stereocenters. The van der Waals surface area contributed by atoms with E-state index in [2.05, 4.69) is 10.6 Å². The number of nitrogens with one attached hydrogen (secondary N) is 2. The van der Waals surface area contributed by atoms with Crippen molar-refractivity contribution < 1.29 is 23.1 Å². The minimum absolute atomic E-state index is 0.0378. The number of halogens is 1. The Morgan fingerprint density at radius 1 is 1.03 bits per heavy atom. The monoisotopic (exact) mass is 492 g/mol. The van der Waals surface area contributed by atoms with Gasteiger partial charge in [0, 0.05) is 18.8 Å². The number of para-hydroxylation sites is 2. The lowest BCUT2D eigenvalue weighted by Gasteiger charge is -2.12. The summed E-state index contributed by atoms with van der Waals surface area (Å²) in [6.45, 7) is 0.653. The summed E-state index contributed by atoms with van der Waals surface area (Å²) in [7, 11) is 3.81. The molecule has 4 rings (SSSR count). The number of rotatable bonds is 9. The van der Waals surface area contributed by atoms with Crippen molar-refractivity contribution in [1.82, 2.24) is 9.47 Å². The molecule has 0 saturated heterocycles. The van der Waals surface area contributed by atoms with Crippen molar-refractivity contribution in [2.24, 2.45) is 0 Å². The van der Waals surface area contributed by atoms with Gasteiger partial charge < -0.3 is 24.7 Å². The van der Waals surface area contributed by atoms with E-state index in [1.54, 1.807) is 48.5 Å². The second-order valence-electron chi connectivity index (χ2n) is 8.27. The predicted octanol–water partition coefficient (Wildman–Crippen LogP) is 3.57. The Bertz CT molecular complexity index is 1460. The molecule has 186 valence electrons. The third-order valence-electron chi connectivity index (χ3n) is 5.33. The normalized spacial score (nSPS) is 11.0. The highest BCUT2D eigenvalue weighted by molar-refractivity contribution is 6.06. The highest BCUT2D eigenvalue weighted by Crippen LogP contribution is 2.23. The average molecular weight is 493 g/mol. The Hall–Kier alpha value is -4.44. The summed E-state index contributed by atoms with van der Waals surface area (Å²) in [6, 6.07) is 17.2. The number of benzene rings is 3. The molecule has 0 atom stereocenters. The van der Waals surface area contributed by atoms with E-state index in [-0.39, 0.29) is 17.0 Å². The Kier molecular flexibility index (Phi) is 7.45. The molecule has 4 aromatic rings. The molecule has 1 aromatic heterocycles. The van der Waals surface area contributed by atoms with Crippen molar-refractivity contribution in [3.05, 3.63) is 88.7 Å². The Morgan fingerprint density at radius 2 is 1.78 bits per heavy atom. The van der Waals surface area contributed by atoms with Crippen LogP contribution in [0.3, 0.4) is 0 Å². The number of nitrogens with zero attached hydrogens (tertiary/aromatic N) is 2. The number of amides is 2. The van der Waals surface area contributed by atoms with Crippen molar-refractivity contribution in [3.8, 4) is 5.75 Å². The fraction of sp³-hybridized carbons (Fsp3) is 0.192. The number of hydrogen-bond acceptors (Lipinski definition) is 6. The van der Waals surface area contributed by atoms with Crippen molar-refractivity contribution in [1.29, 1.82) is 0 Å². The molecular formula is C26H25FN4O5. The lowest BCUT2D eigenvalue weighted by atomic mass is 10.1. The van der Waals surface area contributed by atoms with Gasteiger partial charge in [-0.2, -0.15) is 0 Å². The largest absolute Gasteiger partial charge is 0.483 e. The van der Waals surface area contributed by atoms with Crippen LogP contribution in [-0.4, -0.2) is 48.5 Å². The van der Waals surface area contributed by atoms with E-state index in [4.69, 9.17) is 9.15 Å². The van der Waals surface area contributed by atoms with Gasteiger partial charge in [-0.3, -0.25) is 14.2 Å². The van der Waals surface area contributed by atoms with Crippen LogP contribution in [0, 0.1) is 5.82 Å². The molecule has 0 spiro atoms. The van der Waals surface area contributed by atoms with Gasteiger partial charge in [-0.25, -0.2) is 9.18 Å². The van der Waals surface area contributed by atoms with Gasteiger partial charge in [-0.15, -0.1) is 0 Å². The fourth-order valence-corrected chi connectivity index (χ4v) is 3.52. The van der Waals surface area contributed by atoms with Crippen LogP contribution in [0.4, 0.5) is 15.8 Å². The summed E-state index contributed by atoms with van der Waals surface area (Å²) in [4.78, 5) is 39.4. The molecule has 10 heteroatoms. The number of anilines is 2. The maximum absolute atomic E-state index is 13.8. The van der Waals surface area contributed by atoms with Crippen LogP contribution in [0.25, 0.3) is 11.1 Å². The van der Waals surface area contributed by atoms with Crippen LogP contribution < -0.4 is 21.1 Å². The standard InChI is InChI=1S/C26H25FN4O5/c1-30(2)13-14-31-21-15-17(11-12-23(21)36-26(31)34)28-25(33)18-7-3-6-10-22(18)35-16-24(32)29-20-9-5-4-8-19(20)27/h3-12,15H,13-14,16H2,1-2H3,(H,28,33)(H,29,32). The number of fused-ring (bicyclic) bond motifs is 1.